The van der Waals surface area contributed by atoms with Crippen LogP contribution < -0.4 is 0 Å². The summed E-state index contributed by atoms with van der Waals surface area (Å²) in [5.41, 5.74) is 5.07. The van der Waals surface area contributed by atoms with Crippen LogP contribution in [0.1, 0.15) is 5.69 Å². The Morgan fingerprint density at radius 3 is 2.52 bits per heavy atom. The summed E-state index contributed by atoms with van der Waals surface area (Å²) in [6.45, 7) is 2.03. The van der Waals surface area contributed by atoms with Crippen molar-refractivity contribution in [2.75, 3.05) is 0 Å². The number of nitrogens with zero attached hydrogens (tertiary/aromatic N) is 3. The Morgan fingerprint density at radius 1 is 0.952 bits per heavy atom. The minimum absolute atomic E-state index is 0.746. The highest BCUT2D eigenvalue weighted by Gasteiger charge is 2.11. The molecule has 2 heterocycles. The van der Waals surface area contributed by atoms with Gasteiger partial charge in [-0.2, -0.15) is 5.10 Å². The SMILES string of the molecule is Cc1cc(-c2ccccc2)nn1-c1nc2ccccc2[nH]1. The first-order valence-electron chi connectivity index (χ1n) is 6.88. The van der Waals surface area contributed by atoms with E-state index >= 15 is 0 Å². The Labute approximate surface area is 122 Å². The van der Waals surface area contributed by atoms with E-state index in [9.17, 15) is 0 Å². The Morgan fingerprint density at radius 2 is 1.71 bits per heavy atom. The molecule has 2 aromatic heterocycles. The average Bonchev–Trinajstić information content (AvgIpc) is 3.11. The molecule has 21 heavy (non-hydrogen) atoms. The summed E-state index contributed by atoms with van der Waals surface area (Å²) < 4.78 is 1.85. The molecule has 0 bridgehead atoms. The van der Waals surface area contributed by atoms with Crippen molar-refractivity contribution < 1.29 is 0 Å². The number of para-hydroxylation sites is 2. The molecule has 0 amide bonds. The fraction of sp³-hybridized carbons (Fsp3) is 0.0588. The van der Waals surface area contributed by atoms with Crippen LogP contribution in [0.15, 0.2) is 60.7 Å². The van der Waals surface area contributed by atoms with Crippen LogP contribution in [0.4, 0.5) is 0 Å². The van der Waals surface area contributed by atoms with Gasteiger partial charge in [-0.3, -0.25) is 0 Å². The van der Waals surface area contributed by atoms with Crippen molar-refractivity contribution in [2.24, 2.45) is 0 Å². The van der Waals surface area contributed by atoms with Crippen LogP contribution in [0, 0.1) is 6.92 Å². The Kier molecular flexibility index (Phi) is 2.60. The lowest BCUT2D eigenvalue weighted by Crippen LogP contribution is -2.00. The predicted octanol–water partition coefficient (Wildman–Crippen LogP) is 3.72. The van der Waals surface area contributed by atoms with Crippen molar-refractivity contribution in [2.45, 2.75) is 6.92 Å². The molecule has 0 aliphatic carbocycles. The molecular formula is C17H14N4. The zero-order chi connectivity index (χ0) is 14.2. The standard InChI is InChI=1S/C17H14N4/c1-12-11-16(13-7-3-2-4-8-13)20-21(12)17-18-14-9-5-6-10-15(14)19-17/h2-11H,1H3,(H,18,19). The number of aryl methyl sites for hydroxylation is 1. The fourth-order valence-corrected chi connectivity index (χ4v) is 2.48. The normalized spacial score (nSPS) is 11.1. The third-order valence-corrected chi connectivity index (χ3v) is 3.53. The number of aromatic amines is 1. The molecule has 4 rings (SSSR count). The van der Waals surface area contributed by atoms with Gasteiger partial charge in [0.2, 0.25) is 5.95 Å². The molecule has 0 fully saturated rings. The second kappa shape index (κ2) is 4.59. The summed E-state index contributed by atoms with van der Waals surface area (Å²) in [7, 11) is 0. The molecule has 4 nitrogen and oxygen atoms in total. The third kappa shape index (κ3) is 2.01. The zero-order valence-electron chi connectivity index (χ0n) is 11.6. The molecule has 4 heteroatoms. The molecule has 0 spiro atoms. The monoisotopic (exact) mass is 274 g/mol. The summed E-state index contributed by atoms with van der Waals surface area (Å²) >= 11 is 0. The number of fused-ring (bicyclic) bond motifs is 1. The molecule has 2 aromatic carbocycles. The van der Waals surface area contributed by atoms with Crippen molar-refractivity contribution in [1.29, 1.82) is 0 Å². The lowest BCUT2D eigenvalue weighted by molar-refractivity contribution is 0.803. The molecule has 1 N–H and O–H groups in total. The van der Waals surface area contributed by atoms with Gasteiger partial charge >= 0.3 is 0 Å². The van der Waals surface area contributed by atoms with Crippen molar-refractivity contribution in [1.82, 2.24) is 19.7 Å². The van der Waals surface area contributed by atoms with E-state index in [-0.39, 0.29) is 0 Å². The molecule has 102 valence electrons. The van der Waals surface area contributed by atoms with Gasteiger partial charge in [0.1, 0.15) is 0 Å². The molecule has 0 radical (unpaired) electrons. The topological polar surface area (TPSA) is 46.5 Å². The van der Waals surface area contributed by atoms with Crippen LogP contribution in [0.2, 0.25) is 0 Å². The number of rotatable bonds is 2. The lowest BCUT2D eigenvalue weighted by Gasteiger charge is -1.98. The fourth-order valence-electron chi connectivity index (χ4n) is 2.48. The number of imidazole rings is 1. The maximum Gasteiger partial charge on any atom is 0.229 e. The van der Waals surface area contributed by atoms with Gasteiger partial charge in [0.05, 0.1) is 16.7 Å². The predicted molar refractivity (Wildman–Crippen MR) is 83.4 cm³/mol. The molecule has 0 saturated carbocycles. The van der Waals surface area contributed by atoms with Gasteiger partial charge in [0, 0.05) is 11.3 Å². The zero-order valence-corrected chi connectivity index (χ0v) is 11.6. The summed E-state index contributed by atoms with van der Waals surface area (Å²) in [6.07, 6.45) is 0. The minimum Gasteiger partial charge on any atom is -0.322 e. The summed E-state index contributed by atoms with van der Waals surface area (Å²) in [5.74, 6) is 0.746. The molecule has 0 aliphatic heterocycles. The highest BCUT2D eigenvalue weighted by molar-refractivity contribution is 5.76. The van der Waals surface area contributed by atoms with E-state index in [0.717, 1.165) is 33.9 Å². The van der Waals surface area contributed by atoms with Gasteiger partial charge in [-0.1, -0.05) is 42.5 Å². The van der Waals surface area contributed by atoms with Crippen molar-refractivity contribution in [3.8, 4) is 17.2 Å². The van der Waals surface area contributed by atoms with Gasteiger partial charge < -0.3 is 4.98 Å². The number of aromatic nitrogens is 4. The number of nitrogens with one attached hydrogen (secondary N) is 1. The molecule has 0 aliphatic rings. The Bertz CT molecular complexity index is 870. The Balaban J connectivity index is 1.84. The van der Waals surface area contributed by atoms with Gasteiger partial charge in [-0.25, -0.2) is 9.67 Å². The van der Waals surface area contributed by atoms with Gasteiger partial charge in [-0.15, -0.1) is 0 Å². The number of benzene rings is 2. The van der Waals surface area contributed by atoms with Crippen LogP contribution in [-0.4, -0.2) is 19.7 Å². The van der Waals surface area contributed by atoms with Crippen molar-refractivity contribution in [3.05, 3.63) is 66.4 Å². The van der Waals surface area contributed by atoms with Crippen molar-refractivity contribution in [3.63, 3.8) is 0 Å². The largest absolute Gasteiger partial charge is 0.322 e. The highest BCUT2D eigenvalue weighted by atomic mass is 15.4. The first kappa shape index (κ1) is 11.9. The molecule has 4 aromatic rings. The first-order valence-corrected chi connectivity index (χ1v) is 6.88. The van der Waals surface area contributed by atoms with Crippen LogP contribution in [0.5, 0.6) is 0 Å². The number of H-pyrrole nitrogens is 1. The number of hydrogen-bond acceptors (Lipinski definition) is 2. The second-order valence-electron chi connectivity index (χ2n) is 5.03. The van der Waals surface area contributed by atoms with Crippen LogP contribution in [0.3, 0.4) is 0 Å². The maximum absolute atomic E-state index is 4.67. The first-order chi connectivity index (χ1) is 10.3. The Hall–Kier alpha value is -2.88. The van der Waals surface area contributed by atoms with E-state index in [1.807, 2.05) is 54.1 Å². The van der Waals surface area contributed by atoms with Crippen LogP contribution >= 0.6 is 0 Å². The second-order valence-corrected chi connectivity index (χ2v) is 5.03. The smallest absolute Gasteiger partial charge is 0.229 e. The number of hydrogen-bond donors (Lipinski definition) is 1. The average molecular weight is 274 g/mol. The van der Waals surface area contributed by atoms with Gasteiger partial charge in [0.25, 0.3) is 0 Å². The summed E-state index contributed by atoms with van der Waals surface area (Å²) in [5, 5.41) is 4.67. The lowest BCUT2D eigenvalue weighted by atomic mass is 10.1. The van der Waals surface area contributed by atoms with E-state index < -0.39 is 0 Å². The minimum atomic E-state index is 0.746. The van der Waals surface area contributed by atoms with Gasteiger partial charge in [0.15, 0.2) is 0 Å². The molecule has 0 unspecified atom stereocenters. The van der Waals surface area contributed by atoms with Crippen molar-refractivity contribution >= 4 is 11.0 Å². The molecule has 0 atom stereocenters. The van der Waals surface area contributed by atoms with E-state index in [4.69, 9.17) is 0 Å². The summed E-state index contributed by atoms with van der Waals surface area (Å²) in [4.78, 5) is 7.90. The maximum atomic E-state index is 4.67. The van der Waals surface area contributed by atoms with Gasteiger partial charge in [-0.05, 0) is 25.1 Å². The molecular weight excluding hydrogens is 260 g/mol. The van der Waals surface area contributed by atoms with E-state index in [1.54, 1.807) is 0 Å². The van der Waals surface area contributed by atoms with Crippen LogP contribution in [0.25, 0.3) is 28.2 Å². The van der Waals surface area contributed by atoms with E-state index in [0.29, 0.717) is 0 Å². The van der Waals surface area contributed by atoms with E-state index in [2.05, 4.69) is 33.3 Å². The third-order valence-electron chi connectivity index (χ3n) is 3.53. The quantitative estimate of drug-likeness (QED) is 0.605. The summed E-state index contributed by atoms with van der Waals surface area (Å²) in [6, 6.07) is 20.2. The van der Waals surface area contributed by atoms with Crippen LogP contribution in [-0.2, 0) is 0 Å². The highest BCUT2D eigenvalue weighted by Crippen LogP contribution is 2.21. The molecule has 0 saturated heterocycles. The van der Waals surface area contributed by atoms with E-state index in [1.165, 1.54) is 0 Å².